The maximum atomic E-state index is 13.6. The minimum Gasteiger partial charge on any atom is -0.756 e. The molecule has 0 heterocycles. The average Bonchev–Trinajstić information content (AvgIpc) is 3.06. The first-order chi connectivity index (χ1) is 24.7. The number of phosphoric ester groups is 1. The molecule has 0 bridgehead atoms. The number of likely N-dealkylation sites (N-methyl/N-ethyl adjacent to an activating group) is 1. The summed E-state index contributed by atoms with van der Waals surface area (Å²) in [5.41, 5.74) is -2.53. The molecule has 9 nitrogen and oxygen atoms in total. The van der Waals surface area contributed by atoms with Crippen molar-refractivity contribution >= 4 is 19.4 Å². The number of allylic oxidation sites excluding steroid dienone is 4. The molecule has 0 aromatic rings. The van der Waals surface area contributed by atoms with Crippen LogP contribution in [-0.4, -0.2) is 76.7 Å². The third-order valence-corrected chi connectivity index (χ3v) is 10.2. The molecule has 0 radical (unpaired) electrons. The lowest BCUT2D eigenvalue weighted by atomic mass is 9.81. The molecular formula is C42H80NO8P. The highest BCUT2D eigenvalue weighted by Crippen LogP contribution is 2.37. The highest BCUT2D eigenvalue weighted by molar-refractivity contribution is 7.44. The number of hydrogen-bond donors (Lipinski definition) is 3. The van der Waals surface area contributed by atoms with E-state index in [2.05, 4.69) is 38.2 Å². The molecule has 0 rings (SSSR count). The Morgan fingerprint density at radius 1 is 0.692 bits per heavy atom. The normalized spacial score (nSPS) is 15.9. The summed E-state index contributed by atoms with van der Waals surface area (Å²) in [4.78, 5) is 47.9. The van der Waals surface area contributed by atoms with Crippen LogP contribution in [-0.2, 0) is 18.7 Å². The lowest BCUT2D eigenvalue weighted by Gasteiger charge is -2.39. The molecule has 10 heteroatoms. The van der Waals surface area contributed by atoms with E-state index in [1.165, 1.54) is 70.6 Å². The lowest BCUT2D eigenvalue weighted by molar-refractivity contribution is -0.873. The SMILES string of the molecule is CCCCC/C=C\C/C=C\CCCCCCCC(=O)CC(O)(C(=O)CCCCCCCCCCCCCCC)C(O)C(C[N+](C)(C)C)OP(=O)([O-])O. The quantitative estimate of drug-likeness (QED) is 0.0246. The first kappa shape index (κ1) is 50.8. The largest absolute Gasteiger partial charge is 0.756 e. The molecule has 0 saturated carbocycles. The van der Waals surface area contributed by atoms with Gasteiger partial charge >= 0.3 is 0 Å². The molecule has 4 atom stereocenters. The van der Waals surface area contributed by atoms with E-state index >= 15 is 0 Å². The van der Waals surface area contributed by atoms with E-state index in [1.807, 2.05) is 0 Å². The van der Waals surface area contributed by atoms with Gasteiger partial charge in [0.15, 0.2) is 11.4 Å². The van der Waals surface area contributed by atoms with Crippen molar-refractivity contribution in [3.8, 4) is 0 Å². The number of quaternary nitrogens is 1. The van der Waals surface area contributed by atoms with Crippen LogP contribution in [0.15, 0.2) is 24.3 Å². The summed E-state index contributed by atoms with van der Waals surface area (Å²) in [6.45, 7) is 4.30. The summed E-state index contributed by atoms with van der Waals surface area (Å²) in [7, 11) is -0.161. The highest BCUT2D eigenvalue weighted by atomic mass is 31.2. The molecule has 0 aromatic heterocycles. The van der Waals surface area contributed by atoms with Crippen LogP contribution in [0.3, 0.4) is 0 Å². The van der Waals surface area contributed by atoms with Crippen molar-refractivity contribution < 1.29 is 43.2 Å². The number of ketones is 2. The van der Waals surface area contributed by atoms with Crippen molar-refractivity contribution in [1.29, 1.82) is 0 Å². The minimum absolute atomic E-state index is 0.0481. The molecule has 306 valence electrons. The van der Waals surface area contributed by atoms with Gasteiger partial charge in [0.25, 0.3) is 7.82 Å². The second-order valence-electron chi connectivity index (χ2n) is 16.1. The summed E-state index contributed by atoms with van der Waals surface area (Å²) >= 11 is 0. The number of unbranched alkanes of at least 4 members (excludes halogenated alkanes) is 20. The van der Waals surface area contributed by atoms with Gasteiger partial charge in [-0.05, 0) is 44.9 Å². The number of carbonyl (C=O) groups excluding carboxylic acids is 2. The van der Waals surface area contributed by atoms with Crippen molar-refractivity contribution in [1.82, 2.24) is 0 Å². The van der Waals surface area contributed by atoms with E-state index in [4.69, 9.17) is 4.52 Å². The Balaban J connectivity index is 4.95. The zero-order valence-corrected chi connectivity index (χ0v) is 34.9. The van der Waals surface area contributed by atoms with Gasteiger partial charge in [0.05, 0.1) is 21.1 Å². The number of nitrogens with zero attached hydrogens (tertiary/aromatic N) is 1. The fourth-order valence-electron chi connectivity index (χ4n) is 6.62. The van der Waals surface area contributed by atoms with E-state index in [1.54, 1.807) is 21.1 Å². The number of rotatable bonds is 37. The van der Waals surface area contributed by atoms with Gasteiger partial charge in [0, 0.05) is 19.3 Å². The average molecular weight is 758 g/mol. The van der Waals surface area contributed by atoms with E-state index < -0.39 is 37.8 Å². The predicted octanol–water partition coefficient (Wildman–Crippen LogP) is 9.45. The molecule has 0 fully saturated rings. The van der Waals surface area contributed by atoms with Crippen molar-refractivity contribution in [3.05, 3.63) is 24.3 Å². The van der Waals surface area contributed by atoms with Crippen molar-refractivity contribution in [2.45, 2.75) is 205 Å². The van der Waals surface area contributed by atoms with Crippen molar-refractivity contribution in [2.24, 2.45) is 0 Å². The van der Waals surface area contributed by atoms with E-state index in [0.717, 1.165) is 70.6 Å². The van der Waals surface area contributed by atoms with E-state index in [9.17, 15) is 34.2 Å². The molecule has 0 aliphatic heterocycles. The molecular weight excluding hydrogens is 677 g/mol. The molecule has 4 unspecified atom stereocenters. The summed E-state index contributed by atoms with van der Waals surface area (Å²) < 4.78 is 16.7. The number of aliphatic hydroxyl groups excluding tert-OH is 1. The van der Waals surface area contributed by atoms with E-state index in [0.29, 0.717) is 12.8 Å². The monoisotopic (exact) mass is 758 g/mol. The number of carbonyl (C=O) groups is 2. The minimum atomic E-state index is -5.33. The topological polar surface area (TPSA) is 144 Å². The number of phosphoric acid groups is 1. The Hall–Kier alpha value is -1.19. The second-order valence-corrected chi connectivity index (χ2v) is 17.2. The third-order valence-electron chi connectivity index (χ3n) is 9.70. The van der Waals surface area contributed by atoms with Crippen LogP contribution in [0, 0.1) is 0 Å². The standard InChI is InChI=1S/C42H80NO8P/c1-6-8-10-12-14-16-18-20-21-23-24-26-28-30-32-34-38(44)36-42(47,41(46)39(37-43(3,4)5)51-52(48,49)50)40(45)35-33-31-29-27-25-22-19-17-15-13-11-9-7-2/h14,16,20-21,39,41,46-47H,6-13,15,17-19,22-37H2,1-5H3,(H-,48,49,50)/b16-14-,21-20-. The van der Waals surface area contributed by atoms with Crippen LogP contribution >= 0.6 is 7.82 Å². The van der Waals surface area contributed by atoms with Gasteiger partial charge in [0.1, 0.15) is 24.5 Å². The molecule has 3 N–H and O–H groups in total. The molecule has 52 heavy (non-hydrogen) atoms. The smallest absolute Gasteiger partial charge is 0.265 e. The second kappa shape index (κ2) is 31.1. The van der Waals surface area contributed by atoms with Crippen LogP contribution in [0.1, 0.15) is 187 Å². The van der Waals surface area contributed by atoms with Crippen molar-refractivity contribution in [3.63, 3.8) is 0 Å². The zero-order chi connectivity index (χ0) is 39.1. The third kappa shape index (κ3) is 29.2. The molecule has 0 spiro atoms. The van der Waals surface area contributed by atoms with Gasteiger partial charge in [-0.25, -0.2) is 0 Å². The van der Waals surface area contributed by atoms with Crippen LogP contribution in [0.4, 0.5) is 0 Å². The Bertz CT molecular complexity index is 1000. The molecule has 0 aliphatic carbocycles. The Kier molecular flexibility index (Phi) is 30.4. The number of Topliss-reactive ketones (excluding diaryl/α,β-unsaturated/α-hetero) is 2. The van der Waals surface area contributed by atoms with Gasteiger partial charge in [-0.2, -0.15) is 0 Å². The summed E-state index contributed by atoms with van der Waals surface area (Å²) in [5, 5.41) is 23.1. The first-order valence-electron chi connectivity index (χ1n) is 20.9. The van der Waals surface area contributed by atoms with Crippen LogP contribution in [0.2, 0.25) is 0 Å². The summed E-state index contributed by atoms with van der Waals surface area (Å²) in [6, 6.07) is 0. The van der Waals surface area contributed by atoms with Gasteiger partial charge < -0.3 is 29.0 Å². The van der Waals surface area contributed by atoms with E-state index in [-0.39, 0.29) is 29.7 Å². The maximum Gasteiger partial charge on any atom is 0.265 e. The zero-order valence-electron chi connectivity index (χ0n) is 34.0. The van der Waals surface area contributed by atoms with Gasteiger partial charge in [-0.1, -0.05) is 147 Å². The molecule has 0 aromatic carbocycles. The number of hydrogen-bond acceptors (Lipinski definition) is 7. The summed E-state index contributed by atoms with van der Waals surface area (Å²) in [6.07, 6.45) is 30.9. The van der Waals surface area contributed by atoms with Gasteiger partial charge in [-0.3, -0.25) is 14.2 Å². The van der Waals surface area contributed by atoms with Crippen LogP contribution in [0.5, 0.6) is 0 Å². The lowest BCUT2D eigenvalue weighted by Crippen LogP contribution is -2.59. The number of aliphatic hydroxyl groups is 2. The van der Waals surface area contributed by atoms with Crippen molar-refractivity contribution in [2.75, 3.05) is 27.7 Å². The fourth-order valence-corrected chi connectivity index (χ4v) is 7.14. The fraction of sp³-hybridized carbons (Fsp3) is 0.857. The van der Waals surface area contributed by atoms with Crippen LogP contribution in [0.25, 0.3) is 0 Å². The summed E-state index contributed by atoms with van der Waals surface area (Å²) in [5.74, 6) is -1.07. The Labute approximate surface area is 318 Å². The van der Waals surface area contributed by atoms with Crippen LogP contribution < -0.4 is 4.89 Å². The Morgan fingerprint density at radius 2 is 1.10 bits per heavy atom. The Morgan fingerprint density at radius 3 is 1.56 bits per heavy atom. The molecule has 0 aliphatic rings. The van der Waals surface area contributed by atoms with Gasteiger partial charge in [0.2, 0.25) is 0 Å². The first-order valence-corrected chi connectivity index (χ1v) is 22.4. The maximum absolute atomic E-state index is 13.6. The van der Waals surface area contributed by atoms with Gasteiger partial charge in [-0.15, -0.1) is 0 Å². The highest BCUT2D eigenvalue weighted by Gasteiger charge is 2.49. The molecule has 0 saturated heterocycles. The molecule has 0 amide bonds. The predicted molar refractivity (Wildman–Crippen MR) is 213 cm³/mol.